The van der Waals surface area contributed by atoms with E-state index >= 15 is 0 Å². The molecule has 2 aromatic rings. The number of ether oxygens (including phenoxy) is 2. The molecule has 0 spiro atoms. The molecule has 3 nitrogen and oxygen atoms in total. The predicted molar refractivity (Wildman–Crippen MR) is 87.3 cm³/mol. The van der Waals surface area contributed by atoms with Gasteiger partial charge in [0.1, 0.15) is 5.82 Å². The third kappa shape index (κ3) is 4.16. The average molecular weight is 337 g/mol. The Kier molecular flexibility index (Phi) is 6.28. The first-order valence-electron chi connectivity index (χ1n) is 7.40. The second-order valence-corrected chi connectivity index (χ2v) is 5.22. The van der Waals surface area contributed by atoms with Gasteiger partial charge in [-0.1, -0.05) is 35.9 Å². The number of carbonyl (C=O) groups is 1. The van der Waals surface area contributed by atoms with Gasteiger partial charge in [0.25, 0.3) is 0 Å². The number of halogens is 2. The van der Waals surface area contributed by atoms with E-state index in [1.807, 2.05) is 13.8 Å². The highest BCUT2D eigenvalue weighted by Crippen LogP contribution is 2.26. The van der Waals surface area contributed by atoms with Crippen molar-refractivity contribution in [3.63, 3.8) is 0 Å². The van der Waals surface area contributed by atoms with Gasteiger partial charge < -0.3 is 9.47 Å². The van der Waals surface area contributed by atoms with Crippen molar-refractivity contribution in [1.82, 2.24) is 0 Å². The summed E-state index contributed by atoms with van der Waals surface area (Å²) >= 11 is 5.74. The summed E-state index contributed by atoms with van der Waals surface area (Å²) in [6, 6.07) is 10.9. The van der Waals surface area contributed by atoms with Gasteiger partial charge in [0, 0.05) is 29.4 Å². The number of hydrogen-bond donors (Lipinski definition) is 0. The maximum absolute atomic E-state index is 14.0. The molecule has 0 aliphatic heterocycles. The van der Waals surface area contributed by atoms with Gasteiger partial charge in [0.05, 0.1) is 5.56 Å². The Hall–Kier alpha value is -1.75. The molecule has 0 aliphatic carbocycles. The fraction of sp³-hybridized carbons (Fsp3) is 0.278. The molecule has 0 fully saturated rings. The molecular weight excluding hydrogens is 319 g/mol. The normalized spacial score (nSPS) is 11.0. The summed E-state index contributed by atoms with van der Waals surface area (Å²) in [4.78, 5) is 12.7. The standard InChI is InChI=1S/C18H18ClFO3/c1-3-22-18(23-4-2)14-8-6-5-7-13(14)17(21)15-10-9-12(19)11-16(15)20/h5-11,18H,3-4H2,1-2H3. The van der Waals surface area contributed by atoms with Gasteiger partial charge in [0.15, 0.2) is 12.1 Å². The summed E-state index contributed by atoms with van der Waals surface area (Å²) in [5.41, 5.74) is 0.893. The SMILES string of the molecule is CCOC(OCC)c1ccccc1C(=O)c1ccc(Cl)cc1F. The number of hydrogen-bond acceptors (Lipinski definition) is 3. The van der Waals surface area contributed by atoms with Crippen molar-refractivity contribution in [2.75, 3.05) is 13.2 Å². The van der Waals surface area contributed by atoms with E-state index in [4.69, 9.17) is 21.1 Å². The minimum Gasteiger partial charge on any atom is -0.349 e. The lowest BCUT2D eigenvalue weighted by atomic mass is 9.97. The minimum absolute atomic E-state index is 0.0337. The van der Waals surface area contributed by atoms with Crippen molar-refractivity contribution in [3.8, 4) is 0 Å². The van der Waals surface area contributed by atoms with Crippen LogP contribution in [0.25, 0.3) is 0 Å². The van der Waals surface area contributed by atoms with Crippen LogP contribution in [0.3, 0.4) is 0 Å². The van der Waals surface area contributed by atoms with E-state index in [9.17, 15) is 9.18 Å². The molecule has 0 N–H and O–H groups in total. The van der Waals surface area contributed by atoms with Gasteiger partial charge >= 0.3 is 0 Å². The van der Waals surface area contributed by atoms with E-state index in [2.05, 4.69) is 0 Å². The Bertz CT molecular complexity index is 682. The maximum atomic E-state index is 14.0. The largest absolute Gasteiger partial charge is 0.349 e. The van der Waals surface area contributed by atoms with Crippen LogP contribution < -0.4 is 0 Å². The summed E-state index contributed by atoms with van der Waals surface area (Å²) in [6.45, 7) is 4.55. The fourth-order valence-corrected chi connectivity index (χ4v) is 2.42. The summed E-state index contributed by atoms with van der Waals surface area (Å²) in [7, 11) is 0. The predicted octanol–water partition coefficient (Wildman–Crippen LogP) is 4.78. The quantitative estimate of drug-likeness (QED) is 0.539. The molecule has 0 aromatic heterocycles. The second kappa shape index (κ2) is 8.20. The van der Waals surface area contributed by atoms with Crippen LogP contribution in [0, 0.1) is 5.82 Å². The topological polar surface area (TPSA) is 35.5 Å². The molecule has 0 aliphatic rings. The Balaban J connectivity index is 2.44. The van der Waals surface area contributed by atoms with Crippen molar-refractivity contribution in [1.29, 1.82) is 0 Å². The molecule has 23 heavy (non-hydrogen) atoms. The monoisotopic (exact) mass is 336 g/mol. The maximum Gasteiger partial charge on any atom is 0.196 e. The first-order chi connectivity index (χ1) is 11.1. The Labute approximate surface area is 140 Å². The van der Waals surface area contributed by atoms with Crippen LogP contribution in [0.2, 0.25) is 5.02 Å². The second-order valence-electron chi connectivity index (χ2n) is 4.78. The number of rotatable bonds is 7. The van der Waals surface area contributed by atoms with Crippen LogP contribution >= 0.6 is 11.6 Å². The van der Waals surface area contributed by atoms with Crippen molar-refractivity contribution in [2.24, 2.45) is 0 Å². The van der Waals surface area contributed by atoms with Gasteiger partial charge in [-0.25, -0.2) is 4.39 Å². The zero-order valence-electron chi connectivity index (χ0n) is 13.0. The van der Waals surface area contributed by atoms with Crippen molar-refractivity contribution >= 4 is 17.4 Å². The Morgan fingerprint density at radius 2 is 1.74 bits per heavy atom. The van der Waals surface area contributed by atoms with E-state index in [1.54, 1.807) is 24.3 Å². The minimum atomic E-state index is -0.666. The molecule has 0 heterocycles. The van der Waals surface area contributed by atoms with E-state index < -0.39 is 17.9 Å². The molecule has 0 unspecified atom stereocenters. The number of carbonyl (C=O) groups excluding carboxylic acids is 1. The third-order valence-electron chi connectivity index (χ3n) is 3.27. The van der Waals surface area contributed by atoms with E-state index in [0.717, 1.165) is 6.07 Å². The molecule has 0 radical (unpaired) electrons. The van der Waals surface area contributed by atoms with Gasteiger partial charge in [-0.2, -0.15) is 0 Å². The van der Waals surface area contributed by atoms with Crippen LogP contribution in [-0.4, -0.2) is 19.0 Å². The van der Waals surface area contributed by atoms with E-state index in [-0.39, 0.29) is 10.6 Å². The average Bonchev–Trinajstić information content (AvgIpc) is 2.54. The summed E-state index contributed by atoms with van der Waals surface area (Å²) < 4.78 is 25.2. The summed E-state index contributed by atoms with van der Waals surface area (Å²) in [5.74, 6) is -1.08. The zero-order chi connectivity index (χ0) is 16.8. The van der Waals surface area contributed by atoms with E-state index in [0.29, 0.717) is 24.3 Å². The van der Waals surface area contributed by atoms with Crippen LogP contribution in [0.15, 0.2) is 42.5 Å². The first kappa shape index (κ1) is 17.6. The van der Waals surface area contributed by atoms with Gasteiger partial charge in [-0.05, 0) is 32.0 Å². The summed E-state index contributed by atoms with van der Waals surface area (Å²) in [6.07, 6.45) is -0.666. The highest BCUT2D eigenvalue weighted by Gasteiger charge is 2.22. The molecule has 2 aromatic carbocycles. The molecule has 0 saturated heterocycles. The number of ketones is 1. The van der Waals surface area contributed by atoms with Gasteiger partial charge in [0.2, 0.25) is 0 Å². The van der Waals surface area contributed by atoms with Crippen molar-refractivity contribution < 1.29 is 18.7 Å². The Morgan fingerprint density at radius 3 is 2.35 bits per heavy atom. The first-order valence-corrected chi connectivity index (χ1v) is 7.78. The Morgan fingerprint density at radius 1 is 1.09 bits per heavy atom. The van der Waals surface area contributed by atoms with Gasteiger partial charge in [-0.15, -0.1) is 0 Å². The van der Waals surface area contributed by atoms with Crippen LogP contribution in [0.1, 0.15) is 41.6 Å². The molecule has 0 amide bonds. The smallest absolute Gasteiger partial charge is 0.196 e. The molecule has 5 heteroatoms. The number of benzene rings is 2. The highest BCUT2D eigenvalue weighted by atomic mass is 35.5. The van der Waals surface area contributed by atoms with Crippen molar-refractivity contribution in [3.05, 3.63) is 70.0 Å². The lowest BCUT2D eigenvalue weighted by molar-refractivity contribution is -0.140. The van der Waals surface area contributed by atoms with Gasteiger partial charge in [-0.3, -0.25) is 4.79 Å². The molecule has 122 valence electrons. The highest BCUT2D eigenvalue weighted by molar-refractivity contribution is 6.30. The lowest BCUT2D eigenvalue weighted by Crippen LogP contribution is -2.15. The van der Waals surface area contributed by atoms with E-state index in [1.165, 1.54) is 12.1 Å². The van der Waals surface area contributed by atoms with Crippen molar-refractivity contribution in [2.45, 2.75) is 20.1 Å². The molecule has 2 rings (SSSR count). The lowest BCUT2D eigenvalue weighted by Gasteiger charge is -2.20. The van der Waals surface area contributed by atoms with Crippen LogP contribution in [0.5, 0.6) is 0 Å². The van der Waals surface area contributed by atoms with Crippen LogP contribution in [-0.2, 0) is 9.47 Å². The summed E-state index contributed by atoms with van der Waals surface area (Å²) in [5, 5.41) is 0.244. The third-order valence-corrected chi connectivity index (χ3v) is 3.51. The van der Waals surface area contributed by atoms with Crippen LogP contribution in [0.4, 0.5) is 4.39 Å². The molecule has 0 atom stereocenters. The fourth-order valence-electron chi connectivity index (χ4n) is 2.26. The molecule has 0 saturated carbocycles. The zero-order valence-corrected chi connectivity index (χ0v) is 13.8. The molecular formula is C18H18ClFO3. The molecule has 0 bridgehead atoms.